The number of sulfonamides is 1. The quantitative estimate of drug-likeness (QED) is 0.741. The molecule has 0 aliphatic rings. The zero-order valence-electron chi connectivity index (χ0n) is 12.7. The van der Waals surface area contributed by atoms with Gasteiger partial charge in [-0.1, -0.05) is 25.1 Å². The Balaban J connectivity index is 2.40. The minimum absolute atomic E-state index is 0.314. The van der Waals surface area contributed by atoms with Gasteiger partial charge in [-0.25, -0.2) is 12.7 Å². The second-order valence-electron chi connectivity index (χ2n) is 4.98. The molecule has 22 heavy (non-hydrogen) atoms. The van der Waals surface area contributed by atoms with Crippen LogP contribution in [-0.4, -0.2) is 38.6 Å². The molecule has 0 unspecified atom stereocenters. The predicted octanol–water partition coefficient (Wildman–Crippen LogP) is 2.47. The summed E-state index contributed by atoms with van der Waals surface area (Å²) in [6.45, 7) is 3.41. The molecular formula is C14H21F3N2O2S. The normalized spacial score (nSPS) is 12.8. The molecule has 0 fully saturated rings. The summed E-state index contributed by atoms with van der Waals surface area (Å²) in [5.74, 6) is 0. The Morgan fingerprint density at radius 2 is 1.95 bits per heavy atom. The van der Waals surface area contributed by atoms with Crippen LogP contribution in [0.4, 0.5) is 13.2 Å². The molecule has 0 aliphatic heterocycles. The standard InChI is InChI=1S/C14H21F3N2O2S/c1-3-19(22(2,20)21)9-5-8-18-11-12-6-4-7-13(10-12)14(15,16)17/h4,6-7,10,18H,3,5,8-9,11H2,1-2H3. The molecule has 1 N–H and O–H groups in total. The molecule has 0 bridgehead atoms. The molecule has 0 radical (unpaired) electrons. The highest BCUT2D eigenvalue weighted by Crippen LogP contribution is 2.29. The molecule has 0 saturated carbocycles. The van der Waals surface area contributed by atoms with Crippen molar-refractivity contribution in [3.05, 3.63) is 35.4 Å². The summed E-state index contributed by atoms with van der Waals surface area (Å²) in [6, 6.07) is 5.15. The van der Waals surface area contributed by atoms with E-state index in [1.54, 1.807) is 13.0 Å². The van der Waals surface area contributed by atoms with Gasteiger partial charge in [-0.15, -0.1) is 0 Å². The molecule has 0 aliphatic carbocycles. The maximum absolute atomic E-state index is 12.6. The number of nitrogens with zero attached hydrogens (tertiary/aromatic N) is 1. The van der Waals surface area contributed by atoms with Crippen molar-refractivity contribution in [1.82, 2.24) is 9.62 Å². The fraction of sp³-hybridized carbons (Fsp3) is 0.571. The van der Waals surface area contributed by atoms with Crippen molar-refractivity contribution < 1.29 is 21.6 Å². The van der Waals surface area contributed by atoms with Gasteiger partial charge in [0.1, 0.15) is 0 Å². The smallest absolute Gasteiger partial charge is 0.313 e. The van der Waals surface area contributed by atoms with Crippen LogP contribution >= 0.6 is 0 Å². The van der Waals surface area contributed by atoms with Gasteiger partial charge in [-0.3, -0.25) is 0 Å². The zero-order valence-corrected chi connectivity index (χ0v) is 13.5. The first-order chi connectivity index (χ1) is 10.1. The maximum atomic E-state index is 12.6. The molecule has 126 valence electrons. The largest absolute Gasteiger partial charge is 0.416 e. The Morgan fingerprint density at radius 1 is 1.27 bits per heavy atom. The second-order valence-corrected chi connectivity index (χ2v) is 6.97. The van der Waals surface area contributed by atoms with Gasteiger partial charge in [0.2, 0.25) is 10.0 Å². The third-order valence-corrected chi connectivity index (χ3v) is 4.55. The summed E-state index contributed by atoms with van der Waals surface area (Å²) < 4.78 is 61.8. The first-order valence-corrected chi connectivity index (χ1v) is 8.81. The average molecular weight is 338 g/mol. The topological polar surface area (TPSA) is 49.4 Å². The Kier molecular flexibility index (Phi) is 6.83. The Labute approximate surface area is 129 Å². The highest BCUT2D eigenvalue weighted by atomic mass is 32.2. The van der Waals surface area contributed by atoms with Crippen molar-refractivity contribution in [3.63, 3.8) is 0 Å². The zero-order chi connectivity index (χ0) is 16.8. The van der Waals surface area contributed by atoms with Gasteiger partial charge in [-0.05, 0) is 24.6 Å². The highest BCUT2D eigenvalue weighted by Gasteiger charge is 2.30. The molecule has 0 atom stereocenters. The van der Waals surface area contributed by atoms with Crippen molar-refractivity contribution in [1.29, 1.82) is 0 Å². The second kappa shape index (κ2) is 7.94. The van der Waals surface area contributed by atoms with E-state index in [0.29, 0.717) is 38.2 Å². The number of nitrogens with one attached hydrogen (secondary N) is 1. The van der Waals surface area contributed by atoms with Crippen LogP contribution in [0.1, 0.15) is 24.5 Å². The van der Waals surface area contributed by atoms with Crippen LogP contribution in [0, 0.1) is 0 Å². The van der Waals surface area contributed by atoms with Crippen molar-refractivity contribution in [2.45, 2.75) is 26.1 Å². The van der Waals surface area contributed by atoms with Crippen LogP contribution in [0.25, 0.3) is 0 Å². The number of hydrogen-bond donors (Lipinski definition) is 1. The van der Waals surface area contributed by atoms with E-state index >= 15 is 0 Å². The Bertz CT molecular complexity index is 574. The number of alkyl halides is 3. The lowest BCUT2D eigenvalue weighted by Crippen LogP contribution is -2.32. The van der Waals surface area contributed by atoms with Crippen molar-refractivity contribution in [2.75, 3.05) is 25.9 Å². The lowest BCUT2D eigenvalue weighted by Gasteiger charge is -2.17. The number of rotatable bonds is 8. The lowest BCUT2D eigenvalue weighted by molar-refractivity contribution is -0.137. The molecule has 0 heterocycles. The van der Waals surface area contributed by atoms with Gasteiger partial charge >= 0.3 is 6.18 Å². The molecule has 1 rings (SSSR count). The maximum Gasteiger partial charge on any atom is 0.416 e. The van der Waals surface area contributed by atoms with Crippen LogP contribution in [0.15, 0.2) is 24.3 Å². The van der Waals surface area contributed by atoms with E-state index in [1.807, 2.05) is 0 Å². The van der Waals surface area contributed by atoms with Crippen LogP contribution < -0.4 is 5.32 Å². The SMILES string of the molecule is CCN(CCCNCc1cccc(C(F)(F)F)c1)S(C)(=O)=O. The van der Waals surface area contributed by atoms with Crippen LogP contribution in [-0.2, 0) is 22.7 Å². The minimum atomic E-state index is -4.34. The highest BCUT2D eigenvalue weighted by molar-refractivity contribution is 7.88. The van der Waals surface area contributed by atoms with E-state index in [2.05, 4.69) is 5.32 Å². The predicted molar refractivity (Wildman–Crippen MR) is 79.9 cm³/mol. The fourth-order valence-corrected chi connectivity index (χ4v) is 2.96. The summed E-state index contributed by atoms with van der Waals surface area (Å²) in [6.07, 6.45) is -2.58. The molecule has 8 heteroatoms. The van der Waals surface area contributed by atoms with E-state index in [-0.39, 0.29) is 0 Å². The molecule has 1 aromatic carbocycles. The number of benzene rings is 1. The number of halogens is 3. The van der Waals surface area contributed by atoms with E-state index in [9.17, 15) is 21.6 Å². The summed E-state index contributed by atoms with van der Waals surface area (Å²) in [7, 11) is -3.20. The summed E-state index contributed by atoms with van der Waals surface area (Å²) in [5.41, 5.74) is -0.119. The monoisotopic (exact) mass is 338 g/mol. The third kappa shape index (κ3) is 6.33. The van der Waals surface area contributed by atoms with Crippen molar-refractivity contribution >= 4 is 10.0 Å². The van der Waals surface area contributed by atoms with Crippen LogP contribution in [0.5, 0.6) is 0 Å². The Morgan fingerprint density at radius 3 is 2.50 bits per heavy atom. The molecule has 0 amide bonds. The fourth-order valence-electron chi connectivity index (χ4n) is 2.03. The van der Waals surface area contributed by atoms with E-state index in [1.165, 1.54) is 10.4 Å². The first kappa shape index (κ1) is 18.9. The van der Waals surface area contributed by atoms with Gasteiger partial charge < -0.3 is 5.32 Å². The first-order valence-electron chi connectivity index (χ1n) is 6.96. The van der Waals surface area contributed by atoms with Crippen molar-refractivity contribution in [3.8, 4) is 0 Å². The van der Waals surface area contributed by atoms with Crippen LogP contribution in [0.2, 0.25) is 0 Å². The molecule has 4 nitrogen and oxygen atoms in total. The third-order valence-electron chi connectivity index (χ3n) is 3.17. The average Bonchev–Trinajstić information content (AvgIpc) is 2.40. The summed E-state index contributed by atoms with van der Waals surface area (Å²) in [5, 5.41) is 3.02. The molecule has 1 aromatic rings. The molecule has 0 saturated heterocycles. The van der Waals surface area contributed by atoms with Gasteiger partial charge in [0.05, 0.1) is 11.8 Å². The van der Waals surface area contributed by atoms with Gasteiger partial charge in [0, 0.05) is 19.6 Å². The van der Waals surface area contributed by atoms with Crippen LogP contribution in [0.3, 0.4) is 0 Å². The van der Waals surface area contributed by atoms with Crippen molar-refractivity contribution in [2.24, 2.45) is 0 Å². The lowest BCUT2D eigenvalue weighted by atomic mass is 10.1. The van der Waals surface area contributed by atoms with Gasteiger partial charge in [-0.2, -0.15) is 13.2 Å². The Hall–Kier alpha value is -1.12. The molecule has 0 aromatic heterocycles. The number of hydrogen-bond acceptors (Lipinski definition) is 3. The van der Waals surface area contributed by atoms with E-state index < -0.39 is 21.8 Å². The van der Waals surface area contributed by atoms with E-state index in [4.69, 9.17) is 0 Å². The van der Waals surface area contributed by atoms with Gasteiger partial charge in [0.25, 0.3) is 0 Å². The summed E-state index contributed by atoms with van der Waals surface area (Å²) >= 11 is 0. The van der Waals surface area contributed by atoms with E-state index in [0.717, 1.165) is 18.4 Å². The molecular weight excluding hydrogens is 317 g/mol. The minimum Gasteiger partial charge on any atom is -0.313 e. The summed E-state index contributed by atoms with van der Waals surface area (Å²) in [4.78, 5) is 0. The molecule has 0 spiro atoms. The van der Waals surface area contributed by atoms with Gasteiger partial charge in [0.15, 0.2) is 0 Å².